The van der Waals surface area contributed by atoms with Crippen molar-refractivity contribution in [2.24, 2.45) is 17.3 Å². The van der Waals surface area contributed by atoms with E-state index in [0.717, 1.165) is 18.4 Å². The average molecular weight is 296 g/mol. The Morgan fingerprint density at radius 1 is 1.10 bits per heavy atom. The topological polar surface area (TPSA) is 21.3 Å². The fraction of sp³-hybridized carbons (Fsp3) is 1.00. The predicted molar refractivity (Wildman–Crippen MR) is 90.6 cm³/mol. The van der Waals surface area contributed by atoms with Crippen molar-refractivity contribution in [1.29, 1.82) is 0 Å². The van der Waals surface area contributed by atoms with Crippen molar-refractivity contribution in [3.8, 4) is 0 Å². The molecule has 21 heavy (non-hydrogen) atoms. The molecule has 2 heteroatoms. The molecule has 0 radical (unpaired) electrons. The Hall–Kier alpha value is -0.0800. The molecule has 0 saturated heterocycles. The highest BCUT2D eigenvalue weighted by atomic mass is 16.5. The Morgan fingerprint density at radius 2 is 1.86 bits per heavy atom. The molecule has 2 aliphatic carbocycles. The summed E-state index contributed by atoms with van der Waals surface area (Å²) in [5, 5.41) is 3.68. The van der Waals surface area contributed by atoms with Gasteiger partial charge in [0.15, 0.2) is 0 Å². The number of hydrogen-bond acceptors (Lipinski definition) is 2. The molecular formula is C19H37NO. The fourth-order valence-electron chi connectivity index (χ4n) is 4.84. The van der Waals surface area contributed by atoms with Crippen LogP contribution >= 0.6 is 0 Å². The van der Waals surface area contributed by atoms with Gasteiger partial charge < -0.3 is 10.1 Å². The van der Waals surface area contributed by atoms with E-state index in [2.05, 4.69) is 39.9 Å². The molecule has 0 aliphatic heterocycles. The quantitative estimate of drug-likeness (QED) is 0.788. The van der Waals surface area contributed by atoms with E-state index < -0.39 is 0 Å². The molecule has 2 rings (SSSR count). The van der Waals surface area contributed by atoms with Crippen molar-refractivity contribution >= 4 is 0 Å². The van der Waals surface area contributed by atoms with Crippen LogP contribution in [0.2, 0.25) is 0 Å². The van der Waals surface area contributed by atoms with E-state index >= 15 is 0 Å². The van der Waals surface area contributed by atoms with E-state index in [1.807, 2.05) is 0 Å². The molecule has 2 aliphatic rings. The second-order valence-electron chi connectivity index (χ2n) is 8.46. The van der Waals surface area contributed by atoms with Gasteiger partial charge in [-0.2, -0.15) is 0 Å². The number of rotatable bonds is 5. The molecule has 5 atom stereocenters. The lowest BCUT2D eigenvalue weighted by Crippen LogP contribution is -2.48. The molecule has 0 aromatic carbocycles. The lowest BCUT2D eigenvalue weighted by Gasteiger charge is -2.43. The molecular weight excluding hydrogens is 258 g/mol. The first-order chi connectivity index (χ1) is 9.93. The Morgan fingerprint density at radius 3 is 2.48 bits per heavy atom. The first kappa shape index (κ1) is 17.3. The first-order valence-electron chi connectivity index (χ1n) is 9.32. The minimum absolute atomic E-state index is 0.440. The van der Waals surface area contributed by atoms with Gasteiger partial charge in [0, 0.05) is 6.04 Å². The Bertz CT molecular complexity index is 315. The summed E-state index contributed by atoms with van der Waals surface area (Å²) < 4.78 is 6.67. The Labute approximate surface area is 132 Å². The summed E-state index contributed by atoms with van der Waals surface area (Å²) in [4.78, 5) is 0. The van der Waals surface area contributed by atoms with E-state index in [0.29, 0.717) is 23.7 Å². The molecule has 0 heterocycles. The first-order valence-corrected chi connectivity index (χ1v) is 9.32. The molecule has 2 nitrogen and oxygen atoms in total. The van der Waals surface area contributed by atoms with Crippen LogP contribution in [0.25, 0.3) is 0 Å². The molecule has 0 aromatic rings. The van der Waals surface area contributed by atoms with Crippen LogP contribution in [0.5, 0.6) is 0 Å². The van der Waals surface area contributed by atoms with Crippen LogP contribution in [0.1, 0.15) is 79.6 Å². The Kier molecular flexibility index (Phi) is 6.14. The van der Waals surface area contributed by atoms with Crippen LogP contribution in [0.3, 0.4) is 0 Å². The predicted octanol–water partition coefficient (Wildman–Crippen LogP) is 4.77. The third-order valence-electron chi connectivity index (χ3n) is 5.66. The zero-order valence-electron chi connectivity index (χ0n) is 15.0. The third kappa shape index (κ3) is 4.96. The molecule has 2 fully saturated rings. The fourth-order valence-corrected chi connectivity index (χ4v) is 4.84. The van der Waals surface area contributed by atoms with Crippen molar-refractivity contribution in [1.82, 2.24) is 5.32 Å². The zero-order chi connectivity index (χ0) is 15.5. The van der Waals surface area contributed by atoms with Gasteiger partial charge in [-0.3, -0.25) is 0 Å². The van der Waals surface area contributed by atoms with Crippen molar-refractivity contribution in [3.63, 3.8) is 0 Å². The lowest BCUT2D eigenvalue weighted by molar-refractivity contribution is -0.0949. The maximum atomic E-state index is 6.67. The van der Waals surface area contributed by atoms with Crippen LogP contribution in [0.4, 0.5) is 0 Å². The monoisotopic (exact) mass is 295 g/mol. The molecule has 124 valence electrons. The summed E-state index contributed by atoms with van der Waals surface area (Å²) in [5.41, 5.74) is 0.453. The summed E-state index contributed by atoms with van der Waals surface area (Å²) in [6, 6.07) is 0.582. The average Bonchev–Trinajstić information content (AvgIpc) is 2.38. The number of hydrogen-bond donors (Lipinski definition) is 1. The second-order valence-corrected chi connectivity index (χ2v) is 8.46. The van der Waals surface area contributed by atoms with Crippen molar-refractivity contribution in [2.45, 2.75) is 97.8 Å². The van der Waals surface area contributed by atoms with Crippen molar-refractivity contribution in [2.75, 3.05) is 6.54 Å². The molecule has 0 spiro atoms. The standard InChI is InChI=1S/C19H37NO/c1-6-15-8-9-17(20-7-2)18(11-15)21-16-10-14(3)12-19(4,5)13-16/h14-18,20H,6-13H2,1-5H3. The largest absolute Gasteiger partial charge is 0.373 e. The summed E-state index contributed by atoms with van der Waals surface area (Å²) in [6.07, 6.45) is 10.0. The molecule has 0 aromatic heterocycles. The van der Waals surface area contributed by atoms with Gasteiger partial charge in [-0.1, -0.05) is 41.0 Å². The minimum atomic E-state index is 0.440. The molecule has 1 N–H and O–H groups in total. The number of likely N-dealkylation sites (N-methyl/N-ethyl adjacent to an activating group) is 1. The lowest BCUT2D eigenvalue weighted by atomic mass is 9.71. The van der Waals surface area contributed by atoms with E-state index in [1.165, 1.54) is 44.9 Å². The van der Waals surface area contributed by atoms with Gasteiger partial charge >= 0.3 is 0 Å². The zero-order valence-corrected chi connectivity index (χ0v) is 15.0. The molecule has 0 amide bonds. The van der Waals surface area contributed by atoms with Crippen LogP contribution in [0, 0.1) is 17.3 Å². The summed E-state index contributed by atoms with van der Waals surface area (Å²) >= 11 is 0. The summed E-state index contributed by atoms with van der Waals surface area (Å²) in [5.74, 6) is 1.68. The molecule has 5 unspecified atom stereocenters. The highest BCUT2D eigenvalue weighted by Gasteiger charge is 2.37. The highest BCUT2D eigenvalue weighted by molar-refractivity contribution is 4.89. The van der Waals surface area contributed by atoms with Crippen molar-refractivity contribution < 1.29 is 4.74 Å². The van der Waals surface area contributed by atoms with E-state index in [4.69, 9.17) is 4.74 Å². The van der Waals surface area contributed by atoms with Crippen LogP contribution < -0.4 is 5.32 Å². The SMILES string of the molecule is CCNC1CCC(CC)CC1OC1CC(C)CC(C)(C)C1. The van der Waals surface area contributed by atoms with Gasteiger partial charge in [0.25, 0.3) is 0 Å². The van der Waals surface area contributed by atoms with Gasteiger partial charge in [-0.25, -0.2) is 0 Å². The maximum Gasteiger partial charge on any atom is 0.0734 e. The van der Waals surface area contributed by atoms with Crippen LogP contribution in [-0.4, -0.2) is 24.8 Å². The molecule has 0 bridgehead atoms. The Balaban J connectivity index is 1.96. The van der Waals surface area contributed by atoms with Crippen LogP contribution in [0.15, 0.2) is 0 Å². The van der Waals surface area contributed by atoms with Gasteiger partial charge in [0.2, 0.25) is 0 Å². The minimum Gasteiger partial charge on any atom is -0.373 e. The maximum absolute atomic E-state index is 6.67. The number of nitrogens with one attached hydrogen (secondary N) is 1. The highest BCUT2D eigenvalue weighted by Crippen LogP contribution is 2.41. The van der Waals surface area contributed by atoms with Gasteiger partial charge in [-0.05, 0) is 62.3 Å². The third-order valence-corrected chi connectivity index (χ3v) is 5.66. The number of ether oxygens (including phenoxy) is 1. The summed E-state index contributed by atoms with van der Waals surface area (Å²) in [7, 11) is 0. The smallest absolute Gasteiger partial charge is 0.0734 e. The van der Waals surface area contributed by atoms with E-state index in [9.17, 15) is 0 Å². The van der Waals surface area contributed by atoms with Gasteiger partial charge in [0.1, 0.15) is 0 Å². The van der Waals surface area contributed by atoms with Gasteiger partial charge in [-0.15, -0.1) is 0 Å². The van der Waals surface area contributed by atoms with E-state index in [1.54, 1.807) is 0 Å². The van der Waals surface area contributed by atoms with Crippen LogP contribution in [-0.2, 0) is 4.74 Å². The summed E-state index contributed by atoms with van der Waals surface area (Å²) in [6.45, 7) is 12.8. The second kappa shape index (κ2) is 7.46. The van der Waals surface area contributed by atoms with Crippen molar-refractivity contribution in [3.05, 3.63) is 0 Å². The normalized spacial score (nSPS) is 40.1. The molecule has 2 saturated carbocycles. The van der Waals surface area contributed by atoms with Gasteiger partial charge in [0.05, 0.1) is 12.2 Å². The van der Waals surface area contributed by atoms with E-state index in [-0.39, 0.29) is 0 Å².